The van der Waals surface area contributed by atoms with Crippen LogP contribution in [0.15, 0.2) is 22.7 Å². The van der Waals surface area contributed by atoms with Crippen LogP contribution >= 0.6 is 15.9 Å². The molecule has 5 heteroatoms. The van der Waals surface area contributed by atoms with Gasteiger partial charge in [0.25, 0.3) is 0 Å². The first-order valence-corrected chi connectivity index (χ1v) is 6.96. The number of aromatic nitrogens is 2. The highest BCUT2D eigenvalue weighted by Gasteiger charge is 2.08. The van der Waals surface area contributed by atoms with Crippen LogP contribution in [0.4, 0.5) is 17.3 Å². The Morgan fingerprint density at radius 3 is 2.58 bits per heavy atom. The third-order valence-corrected chi connectivity index (χ3v) is 3.31. The molecule has 0 aliphatic heterocycles. The molecule has 0 fully saturated rings. The van der Waals surface area contributed by atoms with Gasteiger partial charge in [0.1, 0.15) is 17.5 Å². The molecule has 0 saturated carbocycles. The average Bonchev–Trinajstić information content (AvgIpc) is 2.33. The molecule has 0 unspecified atom stereocenters. The molecular weight excluding hydrogens is 304 g/mol. The van der Waals surface area contributed by atoms with Crippen LogP contribution in [-0.4, -0.2) is 9.97 Å². The Balaban J connectivity index is 2.39. The fourth-order valence-electron chi connectivity index (χ4n) is 1.81. The van der Waals surface area contributed by atoms with Crippen LogP contribution in [0.3, 0.4) is 0 Å². The van der Waals surface area contributed by atoms with E-state index in [0.717, 1.165) is 33.8 Å². The maximum atomic E-state index is 5.91. The Bertz CT molecular complexity index is 590. The summed E-state index contributed by atoms with van der Waals surface area (Å²) >= 11 is 3.49. The van der Waals surface area contributed by atoms with Crippen molar-refractivity contribution in [2.75, 3.05) is 11.1 Å². The number of anilines is 3. The summed E-state index contributed by atoms with van der Waals surface area (Å²) in [6, 6.07) is 6.13. The second-order valence-electron chi connectivity index (χ2n) is 4.49. The summed E-state index contributed by atoms with van der Waals surface area (Å²) in [5, 5.41) is 3.31. The van der Waals surface area contributed by atoms with Crippen molar-refractivity contribution < 1.29 is 0 Å². The third kappa shape index (κ3) is 3.23. The van der Waals surface area contributed by atoms with E-state index in [9.17, 15) is 0 Å². The molecule has 19 heavy (non-hydrogen) atoms. The molecule has 100 valence electrons. The van der Waals surface area contributed by atoms with Crippen molar-refractivity contribution in [2.45, 2.75) is 27.2 Å². The topological polar surface area (TPSA) is 63.8 Å². The SMILES string of the molecule is CCc1nc(N)c(C)c(Nc2cc(C)cc(Br)c2)n1. The number of halogens is 1. The van der Waals surface area contributed by atoms with E-state index in [-0.39, 0.29) is 0 Å². The van der Waals surface area contributed by atoms with Crippen LogP contribution in [0.25, 0.3) is 0 Å². The van der Waals surface area contributed by atoms with Gasteiger partial charge < -0.3 is 11.1 Å². The fraction of sp³-hybridized carbons (Fsp3) is 0.286. The van der Waals surface area contributed by atoms with E-state index in [4.69, 9.17) is 5.73 Å². The summed E-state index contributed by atoms with van der Waals surface area (Å²) < 4.78 is 1.03. The van der Waals surface area contributed by atoms with E-state index < -0.39 is 0 Å². The summed E-state index contributed by atoms with van der Waals surface area (Å²) in [6.45, 7) is 5.98. The standard InChI is InChI=1S/C14H17BrN4/c1-4-12-18-13(16)9(3)14(19-12)17-11-6-8(2)5-10(15)7-11/h5-7H,4H2,1-3H3,(H3,16,17,18,19). The summed E-state index contributed by atoms with van der Waals surface area (Å²) in [6.07, 6.45) is 0.761. The van der Waals surface area contributed by atoms with Gasteiger partial charge in [-0.3, -0.25) is 0 Å². The van der Waals surface area contributed by atoms with Crippen molar-refractivity contribution in [3.05, 3.63) is 39.6 Å². The van der Waals surface area contributed by atoms with Gasteiger partial charge in [0.15, 0.2) is 0 Å². The smallest absolute Gasteiger partial charge is 0.139 e. The molecule has 1 heterocycles. The first kappa shape index (κ1) is 13.8. The van der Waals surface area contributed by atoms with Crippen molar-refractivity contribution in [3.63, 3.8) is 0 Å². The lowest BCUT2D eigenvalue weighted by atomic mass is 10.2. The molecule has 0 spiro atoms. The Morgan fingerprint density at radius 2 is 1.95 bits per heavy atom. The van der Waals surface area contributed by atoms with Gasteiger partial charge in [0.2, 0.25) is 0 Å². The lowest BCUT2D eigenvalue weighted by Gasteiger charge is -2.12. The van der Waals surface area contributed by atoms with Crippen LogP contribution < -0.4 is 11.1 Å². The second-order valence-corrected chi connectivity index (χ2v) is 5.41. The van der Waals surface area contributed by atoms with Crippen LogP contribution in [0.2, 0.25) is 0 Å². The first-order chi connectivity index (χ1) is 8.99. The van der Waals surface area contributed by atoms with Gasteiger partial charge >= 0.3 is 0 Å². The van der Waals surface area contributed by atoms with Crippen LogP contribution in [0, 0.1) is 13.8 Å². The molecule has 0 bridgehead atoms. The largest absolute Gasteiger partial charge is 0.383 e. The quantitative estimate of drug-likeness (QED) is 0.904. The Morgan fingerprint density at radius 1 is 1.21 bits per heavy atom. The van der Waals surface area contributed by atoms with Gasteiger partial charge in [0.05, 0.1) is 0 Å². The monoisotopic (exact) mass is 320 g/mol. The number of nitrogen functional groups attached to an aromatic ring is 1. The number of hydrogen-bond donors (Lipinski definition) is 2. The maximum absolute atomic E-state index is 5.91. The summed E-state index contributed by atoms with van der Waals surface area (Å²) in [4.78, 5) is 8.73. The normalized spacial score (nSPS) is 10.5. The van der Waals surface area contributed by atoms with Crippen LogP contribution in [0.1, 0.15) is 23.9 Å². The predicted molar refractivity (Wildman–Crippen MR) is 82.7 cm³/mol. The molecule has 2 aromatic rings. The van der Waals surface area contributed by atoms with Crippen molar-refractivity contribution in [2.24, 2.45) is 0 Å². The molecule has 1 aromatic heterocycles. The lowest BCUT2D eigenvalue weighted by molar-refractivity contribution is 0.940. The van der Waals surface area contributed by atoms with Crippen molar-refractivity contribution >= 4 is 33.3 Å². The Labute approximate surface area is 121 Å². The predicted octanol–water partition coefficient (Wildman–Crippen LogP) is 3.74. The highest BCUT2D eigenvalue weighted by atomic mass is 79.9. The van der Waals surface area contributed by atoms with E-state index >= 15 is 0 Å². The summed E-state index contributed by atoms with van der Waals surface area (Å²) in [5.74, 6) is 2.04. The van der Waals surface area contributed by atoms with Crippen molar-refractivity contribution in [1.29, 1.82) is 0 Å². The zero-order valence-corrected chi connectivity index (χ0v) is 12.9. The number of rotatable bonds is 3. The zero-order chi connectivity index (χ0) is 14.0. The highest BCUT2D eigenvalue weighted by molar-refractivity contribution is 9.10. The number of nitrogens with two attached hydrogens (primary N) is 1. The van der Waals surface area contributed by atoms with Crippen molar-refractivity contribution in [1.82, 2.24) is 9.97 Å². The third-order valence-electron chi connectivity index (χ3n) is 2.85. The molecule has 1 aromatic carbocycles. The first-order valence-electron chi connectivity index (χ1n) is 6.16. The van der Waals surface area contributed by atoms with Crippen molar-refractivity contribution in [3.8, 4) is 0 Å². The molecule has 3 N–H and O–H groups in total. The van der Waals surface area contributed by atoms with E-state index in [1.807, 2.05) is 19.9 Å². The minimum Gasteiger partial charge on any atom is -0.383 e. The number of nitrogens with zero attached hydrogens (tertiary/aromatic N) is 2. The van der Waals surface area contributed by atoms with Gasteiger partial charge in [0, 0.05) is 22.1 Å². The minimum absolute atomic E-state index is 0.529. The molecule has 0 amide bonds. The van der Waals surface area contributed by atoms with Gasteiger partial charge in [-0.05, 0) is 37.6 Å². The maximum Gasteiger partial charge on any atom is 0.139 e. The Kier molecular flexibility index (Phi) is 4.04. The van der Waals surface area contributed by atoms with Gasteiger partial charge in [-0.1, -0.05) is 22.9 Å². The second kappa shape index (κ2) is 5.57. The number of aryl methyl sites for hydroxylation is 2. The summed E-state index contributed by atoms with van der Waals surface area (Å²) in [7, 11) is 0. The van der Waals surface area contributed by atoms with E-state index in [0.29, 0.717) is 5.82 Å². The van der Waals surface area contributed by atoms with Gasteiger partial charge in [-0.2, -0.15) is 0 Å². The molecule has 0 saturated heterocycles. The summed E-state index contributed by atoms with van der Waals surface area (Å²) in [5.41, 5.74) is 8.94. The molecule has 2 rings (SSSR count). The molecule has 0 atom stereocenters. The van der Waals surface area contributed by atoms with Crippen LogP contribution in [0.5, 0.6) is 0 Å². The number of hydrogen-bond acceptors (Lipinski definition) is 4. The Hall–Kier alpha value is -1.62. The molecule has 0 radical (unpaired) electrons. The molecular formula is C14H17BrN4. The van der Waals surface area contributed by atoms with E-state index in [1.54, 1.807) is 0 Å². The average molecular weight is 321 g/mol. The number of benzene rings is 1. The van der Waals surface area contributed by atoms with Gasteiger partial charge in [-0.25, -0.2) is 9.97 Å². The van der Waals surface area contributed by atoms with Crippen LogP contribution in [-0.2, 0) is 6.42 Å². The molecule has 0 aliphatic rings. The number of nitrogens with one attached hydrogen (secondary N) is 1. The zero-order valence-electron chi connectivity index (χ0n) is 11.3. The molecule has 0 aliphatic carbocycles. The van der Waals surface area contributed by atoms with Gasteiger partial charge in [-0.15, -0.1) is 0 Å². The highest BCUT2D eigenvalue weighted by Crippen LogP contribution is 2.25. The van der Waals surface area contributed by atoms with E-state index in [2.05, 4.69) is 50.3 Å². The van der Waals surface area contributed by atoms with E-state index in [1.165, 1.54) is 5.56 Å². The lowest BCUT2D eigenvalue weighted by Crippen LogP contribution is -2.06. The fourth-order valence-corrected chi connectivity index (χ4v) is 2.41. The molecule has 4 nitrogen and oxygen atoms in total. The minimum atomic E-state index is 0.529.